The Morgan fingerprint density at radius 3 is 2.40 bits per heavy atom. The van der Waals surface area contributed by atoms with Gasteiger partial charge >= 0.3 is 6.16 Å². The molecule has 2 rings (SSSR count). The summed E-state index contributed by atoms with van der Waals surface area (Å²) in [5, 5.41) is 5.54. The lowest BCUT2D eigenvalue weighted by Crippen LogP contribution is -2.29. The van der Waals surface area contributed by atoms with Crippen molar-refractivity contribution in [2.75, 3.05) is 19.7 Å². The third-order valence-corrected chi connectivity index (χ3v) is 4.56. The van der Waals surface area contributed by atoms with E-state index in [0.29, 0.717) is 30.8 Å². The largest absolute Gasteiger partial charge is 0.513 e. The third-order valence-electron chi connectivity index (χ3n) is 3.84. The number of hydrogen-bond donors (Lipinski definition) is 2. The number of rotatable bonds is 9. The van der Waals surface area contributed by atoms with E-state index < -0.39 is 6.16 Å². The number of halogens is 1. The summed E-state index contributed by atoms with van der Waals surface area (Å²) in [7, 11) is 0. The Morgan fingerprint density at radius 2 is 1.70 bits per heavy atom. The predicted molar refractivity (Wildman–Crippen MR) is 117 cm³/mol. The van der Waals surface area contributed by atoms with Crippen molar-refractivity contribution in [3.63, 3.8) is 0 Å². The van der Waals surface area contributed by atoms with Crippen LogP contribution in [-0.4, -0.2) is 37.7 Å². The molecule has 2 aromatic carbocycles. The van der Waals surface area contributed by atoms with Gasteiger partial charge in [-0.3, -0.25) is 9.59 Å². The van der Waals surface area contributed by atoms with Gasteiger partial charge in [0.25, 0.3) is 5.91 Å². The zero-order valence-corrected chi connectivity index (χ0v) is 18.1. The zero-order valence-electron chi connectivity index (χ0n) is 16.5. The lowest BCUT2D eigenvalue weighted by Gasteiger charge is -2.07. The fourth-order valence-electron chi connectivity index (χ4n) is 2.36. The van der Waals surface area contributed by atoms with Gasteiger partial charge in [-0.25, -0.2) is 4.79 Å². The highest BCUT2D eigenvalue weighted by atomic mass is 79.9. The molecule has 2 aromatic rings. The molecule has 0 bridgehead atoms. The molecule has 0 radical (unpaired) electrons. The summed E-state index contributed by atoms with van der Waals surface area (Å²) < 4.78 is 10.5. The van der Waals surface area contributed by atoms with Crippen LogP contribution in [0.3, 0.4) is 0 Å². The van der Waals surface area contributed by atoms with E-state index >= 15 is 0 Å². The number of carbonyl (C=O) groups is 3. The zero-order chi connectivity index (χ0) is 21.8. The number of amides is 2. The van der Waals surface area contributed by atoms with E-state index in [2.05, 4.69) is 31.3 Å². The predicted octanol–water partition coefficient (Wildman–Crippen LogP) is 3.93. The van der Waals surface area contributed by atoms with Gasteiger partial charge in [-0.05, 0) is 55.3 Å². The van der Waals surface area contributed by atoms with Gasteiger partial charge in [0.05, 0.1) is 6.61 Å². The molecule has 0 saturated heterocycles. The second kappa shape index (κ2) is 12.4. The first-order valence-electron chi connectivity index (χ1n) is 9.43. The van der Waals surface area contributed by atoms with E-state index in [1.165, 1.54) is 18.2 Å². The molecule has 0 aliphatic heterocycles. The molecule has 158 valence electrons. The first-order chi connectivity index (χ1) is 14.5. The molecule has 0 aliphatic rings. The van der Waals surface area contributed by atoms with Crippen LogP contribution in [0.1, 0.15) is 29.3 Å². The summed E-state index contributed by atoms with van der Waals surface area (Å²) >= 11 is 3.42. The molecule has 7 nitrogen and oxygen atoms in total. The van der Waals surface area contributed by atoms with Gasteiger partial charge in [0.2, 0.25) is 5.91 Å². The Morgan fingerprint density at radius 1 is 1.00 bits per heavy atom. The Hall–Kier alpha value is -3.13. The molecule has 0 atom stereocenters. The minimum Gasteiger partial charge on any atom is -0.434 e. The van der Waals surface area contributed by atoms with Gasteiger partial charge in [0.15, 0.2) is 0 Å². The van der Waals surface area contributed by atoms with Gasteiger partial charge in [-0.15, -0.1) is 0 Å². The minimum absolute atomic E-state index is 0.200. The number of nitrogens with one attached hydrogen (secondary N) is 2. The standard InChI is InChI=1S/C22H23BrN2O5/c1-2-29-22(28)30-18-11-8-17(9-12-18)21(27)25-15-5-14-24-20(26)13-10-16-6-3-4-7-19(16)23/h3-4,6-13H,2,5,14-15H2,1H3,(H,24,26)(H,25,27)/b13-10+. The number of hydrogen-bond acceptors (Lipinski definition) is 5. The maximum Gasteiger partial charge on any atom is 0.513 e. The van der Waals surface area contributed by atoms with Crippen LogP contribution in [0.15, 0.2) is 59.1 Å². The summed E-state index contributed by atoms with van der Waals surface area (Å²) in [6.07, 6.45) is 3.00. The van der Waals surface area contributed by atoms with E-state index in [1.54, 1.807) is 25.1 Å². The lowest BCUT2D eigenvalue weighted by atomic mass is 10.2. The molecule has 8 heteroatoms. The number of ether oxygens (including phenoxy) is 2. The molecule has 0 aliphatic carbocycles. The Labute approximate surface area is 183 Å². The normalized spacial score (nSPS) is 10.5. The topological polar surface area (TPSA) is 93.7 Å². The monoisotopic (exact) mass is 474 g/mol. The molecule has 0 aromatic heterocycles. The number of carbonyl (C=O) groups excluding carboxylic acids is 3. The van der Waals surface area contributed by atoms with E-state index in [1.807, 2.05) is 24.3 Å². The van der Waals surface area contributed by atoms with Crippen molar-refractivity contribution in [2.24, 2.45) is 0 Å². The van der Waals surface area contributed by atoms with Crippen molar-refractivity contribution in [1.82, 2.24) is 10.6 Å². The van der Waals surface area contributed by atoms with Gasteiger partial charge in [-0.1, -0.05) is 34.1 Å². The van der Waals surface area contributed by atoms with Crippen molar-refractivity contribution < 1.29 is 23.9 Å². The minimum atomic E-state index is -0.789. The summed E-state index contributed by atoms with van der Waals surface area (Å²) in [6.45, 7) is 2.75. The van der Waals surface area contributed by atoms with Gasteiger partial charge in [0.1, 0.15) is 5.75 Å². The van der Waals surface area contributed by atoms with Gasteiger partial charge in [0, 0.05) is 29.2 Å². The van der Waals surface area contributed by atoms with E-state index in [-0.39, 0.29) is 18.4 Å². The van der Waals surface area contributed by atoms with Crippen LogP contribution < -0.4 is 15.4 Å². The molecule has 0 spiro atoms. The molecule has 0 fully saturated rings. The fraction of sp³-hybridized carbons (Fsp3) is 0.227. The van der Waals surface area contributed by atoms with Crippen LogP contribution >= 0.6 is 15.9 Å². The van der Waals surface area contributed by atoms with Crippen LogP contribution in [-0.2, 0) is 9.53 Å². The molecule has 2 amide bonds. The van der Waals surface area contributed by atoms with Crippen LogP contribution in [0, 0.1) is 0 Å². The maximum atomic E-state index is 12.1. The van der Waals surface area contributed by atoms with Crippen molar-refractivity contribution >= 4 is 40.0 Å². The molecular formula is C22H23BrN2O5. The molecular weight excluding hydrogens is 452 g/mol. The van der Waals surface area contributed by atoms with Crippen LogP contribution in [0.2, 0.25) is 0 Å². The van der Waals surface area contributed by atoms with Crippen LogP contribution in [0.5, 0.6) is 5.75 Å². The Kier molecular flexibility index (Phi) is 9.60. The number of benzene rings is 2. The van der Waals surface area contributed by atoms with Gasteiger partial charge in [-0.2, -0.15) is 0 Å². The second-order valence-corrected chi connectivity index (χ2v) is 6.92. The maximum absolute atomic E-state index is 12.1. The third kappa shape index (κ3) is 8.08. The molecule has 0 unspecified atom stereocenters. The average molecular weight is 475 g/mol. The average Bonchev–Trinajstić information content (AvgIpc) is 2.73. The van der Waals surface area contributed by atoms with Crippen LogP contribution in [0.4, 0.5) is 4.79 Å². The first-order valence-corrected chi connectivity index (χ1v) is 10.2. The highest BCUT2D eigenvalue weighted by Crippen LogP contribution is 2.17. The lowest BCUT2D eigenvalue weighted by molar-refractivity contribution is -0.116. The molecule has 0 heterocycles. The summed E-state index contributed by atoms with van der Waals surface area (Å²) in [6, 6.07) is 13.7. The van der Waals surface area contributed by atoms with Crippen molar-refractivity contribution in [3.05, 3.63) is 70.2 Å². The van der Waals surface area contributed by atoms with Crippen molar-refractivity contribution in [3.8, 4) is 5.75 Å². The SMILES string of the molecule is CCOC(=O)Oc1ccc(C(=O)NCCCNC(=O)/C=C/c2ccccc2Br)cc1. The second-order valence-electron chi connectivity index (χ2n) is 6.06. The van der Waals surface area contributed by atoms with E-state index in [0.717, 1.165) is 10.0 Å². The first kappa shape index (κ1) is 23.2. The smallest absolute Gasteiger partial charge is 0.434 e. The van der Waals surface area contributed by atoms with E-state index in [9.17, 15) is 14.4 Å². The molecule has 2 N–H and O–H groups in total. The highest BCUT2D eigenvalue weighted by Gasteiger charge is 2.08. The molecule has 0 saturated carbocycles. The van der Waals surface area contributed by atoms with Crippen molar-refractivity contribution in [1.29, 1.82) is 0 Å². The quantitative estimate of drug-likeness (QED) is 0.248. The van der Waals surface area contributed by atoms with E-state index in [4.69, 9.17) is 4.74 Å². The Balaban J connectivity index is 1.66. The fourth-order valence-corrected chi connectivity index (χ4v) is 2.77. The summed E-state index contributed by atoms with van der Waals surface area (Å²) in [5.74, 6) is -0.157. The Bertz CT molecular complexity index is 897. The van der Waals surface area contributed by atoms with Crippen LogP contribution in [0.25, 0.3) is 6.08 Å². The summed E-state index contributed by atoms with van der Waals surface area (Å²) in [4.78, 5) is 35.2. The highest BCUT2D eigenvalue weighted by molar-refractivity contribution is 9.10. The van der Waals surface area contributed by atoms with Gasteiger partial charge < -0.3 is 20.1 Å². The molecule has 30 heavy (non-hydrogen) atoms. The van der Waals surface area contributed by atoms with Crippen molar-refractivity contribution in [2.45, 2.75) is 13.3 Å². The summed E-state index contributed by atoms with van der Waals surface area (Å²) in [5.41, 5.74) is 1.35.